The van der Waals surface area contributed by atoms with Crippen LogP contribution >= 0.6 is 11.3 Å². The second-order valence-corrected chi connectivity index (χ2v) is 6.69. The molecular weight excluding hydrogens is 258 g/mol. The molecule has 2 aromatic heterocycles. The standard InChI is InChI=1S/C10H13N3O2S2/c1-3-8-4-5-9(16-8)17(14,15)13-10-7(2)6-11-12-10/h4-6H,3H2,1-2H3,(H2,11,12,13). The lowest BCUT2D eigenvalue weighted by atomic mass is 10.4. The third kappa shape index (κ3) is 2.50. The van der Waals surface area contributed by atoms with Crippen LogP contribution < -0.4 is 4.72 Å². The van der Waals surface area contributed by atoms with Crippen molar-refractivity contribution in [3.05, 3.63) is 28.8 Å². The number of hydrogen-bond donors (Lipinski definition) is 2. The molecule has 0 saturated carbocycles. The van der Waals surface area contributed by atoms with Crippen molar-refractivity contribution in [1.29, 1.82) is 0 Å². The van der Waals surface area contributed by atoms with Crippen molar-refractivity contribution in [2.75, 3.05) is 4.72 Å². The fraction of sp³-hybridized carbons (Fsp3) is 0.300. The van der Waals surface area contributed by atoms with Gasteiger partial charge in [-0.2, -0.15) is 5.10 Å². The predicted molar refractivity (Wildman–Crippen MR) is 67.8 cm³/mol. The molecule has 2 heterocycles. The van der Waals surface area contributed by atoms with Crippen LogP contribution in [0.3, 0.4) is 0 Å². The van der Waals surface area contributed by atoms with Crippen molar-refractivity contribution >= 4 is 27.2 Å². The molecule has 0 aromatic carbocycles. The van der Waals surface area contributed by atoms with Crippen LogP contribution in [-0.2, 0) is 16.4 Å². The number of sulfonamides is 1. The summed E-state index contributed by atoms with van der Waals surface area (Å²) in [6.07, 6.45) is 2.41. The van der Waals surface area contributed by atoms with Gasteiger partial charge in [0.2, 0.25) is 0 Å². The number of aryl methyl sites for hydroxylation is 2. The lowest BCUT2D eigenvalue weighted by molar-refractivity contribution is 0.603. The van der Waals surface area contributed by atoms with Crippen molar-refractivity contribution < 1.29 is 8.42 Å². The van der Waals surface area contributed by atoms with Crippen molar-refractivity contribution in [1.82, 2.24) is 10.2 Å². The first kappa shape index (κ1) is 12.1. The van der Waals surface area contributed by atoms with Gasteiger partial charge in [-0.05, 0) is 25.5 Å². The third-order valence-electron chi connectivity index (χ3n) is 2.32. The molecule has 7 heteroatoms. The molecule has 0 radical (unpaired) electrons. The Kier molecular flexibility index (Phi) is 3.21. The Morgan fingerprint density at radius 2 is 2.24 bits per heavy atom. The quantitative estimate of drug-likeness (QED) is 0.894. The van der Waals surface area contributed by atoms with Crippen LogP contribution in [0.15, 0.2) is 22.5 Å². The minimum absolute atomic E-state index is 0.323. The van der Waals surface area contributed by atoms with Crippen molar-refractivity contribution in [3.8, 4) is 0 Å². The van der Waals surface area contributed by atoms with E-state index in [0.29, 0.717) is 10.0 Å². The number of aromatic nitrogens is 2. The first-order chi connectivity index (χ1) is 8.03. The van der Waals surface area contributed by atoms with Crippen LogP contribution in [-0.4, -0.2) is 18.6 Å². The van der Waals surface area contributed by atoms with Crippen molar-refractivity contribution in [2.45, 2.75) is 24.5 Å². The Morgan fingerprint density at radius 3 is 2.76 bits per heavy atom. The Labute approximate surface area is 104 Å². The van der Waals surface area contributed by atoms with Gasteiger partial charge in [0.05, 0.1) is 6.20 Å². The fourth-order valence-electron chi connectivity index (χ4n) is 1.33. The Bertz CT molecular complexity index is 613. The highest BCUT2D eigenvalue weighted by Gasteiger charge is 2.18. The lowest BCUT2D eigenvalue weighted by Gasteiger charge is -2.04. The van der Waals surface area contributed by atoms with E-state index in [1.165, 1.54) is 11.3 Å². The number of H-pyrrole nitrogens is 1. The normalized spacial score (nSPS) is 11.6. The number of nitrogens with zero attached hydrogens (tertiary/aromatic N) is 1. The summed E-state index contributed by atoms with van der Waals surface area (Å²) in [4.78, 5) is 1.05. The van der Waals surface area contributed by atoms with Crippen LogP contribution in [0.1, 0.15) is 17.4 Å². The summed E-state index contributed by atoms with van der Waals surface area (Å²) >= 11 is 1.28. The molecule has 0 fully saturated rings. The third-order valence-corrected chi connectivity index (χ3v) is 5.39. The SMILES string of the molecule is CCc1ccc(S(=O)(=O)Nc2[nH]ncc2C)s1. The molecule has 0 aliphatic rings. The molecule has 92 valence electrons. The minimum Gasteiger partial charge on any atom is -0.263 e. The van der Waals surface area contributed by atoms with Crippen molar-refractivity contribution in [2.24, 2.45) is 0 Å². The summed E-state index contributed by atoms with van der Waals surface area (Å²) in [5.74, 6) is 0.413. The van der Waals surface area contributed by atoms with Crippen LogP contribution in [0, 0.1) is 6.92 Å². The van der Waals surface area contributed by atoms with Crippen LogP contribution in [0.5, 0.6) is 0 Å². The highest BCUT2D eigenvalue weighted by atomic mass is 32.2. The van der Waals surface area contributed by atoms with E-state index in [0.717, 1.165) is 16.9 Å². The zero-order valence-corrected chi connectivity index (χ0v) is 11.2. The smallest absolute Gasteiger partial charge is 0.263 e. The number of thiophene rings is 1. The second kappa shape index (κ2) is 4.50. The molecule has 0 aliphatic carbocycles. The highest BCUT2D eigenvalue weighted by molar-refractivity contribution is 7.94. The van der Waals surface area contributed by atoms with Gasteiger partial charge in [0, 0.05) is 10.4 Å². The zero-order valence-electron chi connectivity index (χ0n) is 9.52. The van der Waals surface area contributed by atoms with Gasteiger partial charge in [0.25, 0.3) is 10.0 Å². The minimum atomic E-state index is -3.50. The predicted octanol–water partition coefficient (Wildman–Crippen LogP) is 2.14. The molecule has 0 bridgehead atoms. The molecule has 0 unspecified atom stereocenters. The van der Waals surface area contributed by atoms with E-state index in [4.69, 9.17) is 0 Å². The Hall–Kier alpha value is -1.34. The molecule has 0 saturated heterocycles. The van der Waals surface area contributed by atoms with E-state index in [1.54, 1.807) is 19.2 Å². The first-order valence-corrected chi connectivity index (χ1v) is 7.44. The van der Waals surface area contributed by atoms with E-state index in [-0.39, 0.29) is 0 Å². The van der Waals surface area contributed by atoms with Crippen LogP contribution in [0.4, 0.5) is 5.82 Å². The maximum absolute atomic E-state index is 12.0. The zero-order chi connectivity index (χ0) is 12.5. The molecule has 17 heavy (non-hydrogen) atoms. The molecule has 2 N–H and O–H groups in total. The Balaban J connectivity index is 2.28. The van der Waals surface area contributed by atoms with Gasteiger partial charge in [0.1, 0.15) is 10.0 Å². The molecular formula is C10H13N3O2S2. The average Bonchev–Trinajstić information content (AvgIpc) is 2.88. The van der Waals surface area contributed by atoms with Gasteiger partial charge in [-0.3, -0.25) is 9.82 Å². The van der Waals surface area contributed by atoms with Gasteiger partial charge >= 0.3 is 0 Å². The summed E-state index contributed by atoms with van der Waals surface area (Å²) in [5, 5.41) is 6.39. The Morgan fingerprint density at radius 1 is 1.47 bits per heavy atom. The van der Waals surface area contributed by atoms with E-state index in [9.17, 15) is 8.42 Å². The van der Waals surface area contributed by atoms with Crippen LogP contribution in [0.2, 0.25) is 0 Å². The van der Waals surface area contributed by atoms with Crippen LogP contribution in [0.25, 0.3) is 0 Å². The van der Waals surface area contributed by atoms with E-state index in [1.807, 2.05) is 13.0 Å². The summed E-state index contributed by atoms with van der Waals surface area (Å²) in [6, 6.07) is 3.45. The maximum atomic E-state index is 12.0. The molecule has 0 aliphatic heterocycles. The largest absolute Gasteiger partial charge is 0.272 e. The molecule has 2 rings (SSSR count). The number of nitrogens with one attached hydrogen (secondary N) is 2. The topological polar surface area (TPSA) is 74.8 Å². The molecule has 0 amide bonds. The number of aromatic amines is 1. The number of anilines is 1. The van der Waals surface area contributed by atoms with Gasteiger partial charge in [-0.15, -0.1) is 11.3 Å². The average molecular weight is 271 g/mol. The van der Waals surface area contributed by atoms with Gasteiger partial charge in [-0.25, -0.2) is 8.42 Å². The summed E-state index contributed by atoms with van der Waals surface area (Å²) < 4.78 is 26.9. The summed E-state index contributed by atoms with van der Waals surface area (Å²) in [6.45, 7) is 3.78. The summed E-state index contributed by atoms with van der Waals surface area (Å²) in [5.41, 5.74) is 0.765. The fourth-order valence-corrected chi connectivity index (χ4v) is 3.71. The highest BCUT2D eigenvalue weighted by Crippen LogP contribution is 2.24. The second-order valence-electron chi connectivity index (χ2n) is 3.61. The number of rotatable bonds is 4. The molecule has 2 aromatic rings. The lowest BCUT2D eigenvalue weighted by Crippen LogP contribution is -2.12. The molecule has 5 nitrogen and oxygen atoms in total. The maximum Gasteiger partial charge on any atom is 0.272 e. The van der Waals surface area contributed by atoms with E-state index in [2.05, 4.69) is 14.9 Å². The summed E-state index contributed by atoms with van der Waals surface area (Å²) in [7, 11) is -3.50. The van der Waals surface area contributed by atoms with Gasteiger partial charge in [0.15, 0.2) is 0 Å². The van der Waals surface area contributed by atoms with E-state index >= 15 is 0 Å². The molecule has 0 atom stereocenters. The van der Waals surface area contributed by atoms with Gasteiger partial charge < -0.3 is 0 Å². The van der Waals surface area contributed by atoms with Gasteiger partial charge in [-0.1, -0.05) is 6.92 Å². The first-order valence-electron chi connectivity index (χ1n) is 5.14. The van der Waals surface area contributed by atoms with E-state index < -0.39 is 10.0 Å². The molecule has 0 spiro atoms. The number of hydrogen-bond acceptors (Lipinski definition) is 4. The van der Waals surface area contributed by atoms with Crippen molar-refractivity contribution in [3.63, 3.8) is 0 Å². The monoisotopic (exact) mass is 271 g/mol.